The number of nitrogens with one attached hydrogen (secondary N) is 1. The minimum atomic E-state index is -0.740. The van der Waals surface area contributed by atoms with Crippen LogP contribution in [0, 0.1) is 24.1 Å². The molecule has 0 bridgehead atoms. The number of rotatable bonds is 4. The Bertz CT molecular complexity index is 1260. The largest absolute Gasteiger partial charge is 0.292 e. The zero-order chi connectivity index (χ0) is 21.8. The molecule has 3 aromatic rings. The van der Waals surface area contributed by atoms with E-state index in [1.165, 1.54) is 25.3 Å². The average Bonchev–Trinajstić information content (AvgIpc) is 2.72. The van der Waals surface area contributed by atoms with Crippen LogP contribution in [0.15, 0.2) is 52.4 Å². The standard InChI is InChI=1S/C20H12Cl2FN5O2/c1-11-15(9-24)20(30)28(14-5-3-13(23)4-6-14)27-18(11)19(29)26-25-10-12-2-7-16(21)17(22)8-12/h2-8,10H,1H3,(H,26,29)/b25-10+. The summed E-state index contributed by atoms with van der Waals surface area (Å²) in [5, 5.41) is 17.9. The van der Waals surface area contributed by atoms with Gasteiger partial charge < -0.3 is 0 Å². The first-order valence-electron chi connectivity index (χ1n) is 8.40. The number of hydrazone groups is 1. The summed E-state index contributed by atoms with van der Waals surface area (Å²) in [6.45, 7) is 1.43. The average molecular weight is 444 g/mol. The second-order valence-electron chi connectivity index (χ2n) is 6.03. The van der Waals surface area contributed by atoms with Crippen LogP contribution in [0.4, 0.5) is 4.39 Å². The number of nitrogens with zero attached hydrogens (tertiary/aromatic N) is 4. The maximum atomic E-state index is 13.2. The molecule has 0 spiro atoms. The van der Waals surface area contributed by atoms with Gasteiger partial charge in [-0.2, -0.15) is 20.1 Å². The fraction of sp³-hybridized carbons (Fsp3) is 0.0500. The van der Waals surface area contributed by atoms with Gasteiger partial charge >= 0.3 is 0 Å². The van der Waals surface area contributed by atoms with Crippen LogP contribution >= 0.6 is 23.2 Å². The quantitative estimate of drug-likeness (QED) is 0.491. The number of carbonyl (C=O) groups excluding carboxylic acids is 1. The molecule has 0 unspecified atom stereocenters. The maximum Gasteiger partial charge on any atom is 0.292 e. The predicted molar refractivity (Wildman–Crippen MR) is 111 cm³/mol. The Morgan fingerprint density at radius 2 is 1.93 bits per heavy atom. The van der Waals surface area contributed by atoms with E-state index in [2.05, 4.69) is 15.6 Å². The summed E-state index contributed by atoms with van der Waals surface area (Å²) in [5.41, 5.74) is 2.01. The van der Waals surface area contributed by atoms with E-state index in [9.17, 15) is 19.2 Å². The topological polar surface area (TPSA) is 100 Å². The normalized spacial score (nSPS) is 10.8. The first kappa shape index (κ1) is 21.2. The van der Waals surface area contributed by atoms with Crippen molar-refractivity contribution < 1.29 is 9.18 Å². The van der Waals surface area contributed by atoms with Crippen molar-refractivity contribution in [3.8, 4) is 11.8 Å². The second-order valence-corrected chi connectivity index (χ2v) is 6.84. The van der Waals surface area contributed by atoms with Crippen LogP contribution in [0.25, 0.3) is 5.69 Å². The van der Waals surface area contributed by atoms with E-state index < -0.39 is 17.3 Å². The van der Waals surface area contributed by atoms with Crippen molar-refractivity contribution in [2.24, 2.45) is 5.10 Å². The van der Waals surface area contributed by atoms with Crippen molar-refractivity contribution in [2.75, 3.05) is 0 Å². The third-order valence-electron chi connectivity index (χ3n) is 4.06. The van der Waals surface area contributed by atoms with Gasteiger partial charge in [0.05, 0.1) is 21.9 Å². The van der Waals surface area contributed by atoms with Crippen LogP contribution in [-0.4, -0.2) is 21.9 Å². The Labute approximate surface area is 180 Å². The zero-order valence-electron chi connectivity index (χ0n) is 15.4. The molecule has 0 aliphatic heterocycles. The maximum absolute atomic E-state index is 13.2. The molecule has 0 saturated carbocycles. The fourth-order valence-corrected chi connectivity index (χ4v) is 2.83. The number of amides is 1. The predicted octanol–water partition coefficient (Wildman–Crippen LogP) is 3.62. The van der Waals surface area contributed by atoms with Crippen LogP contribution in [0.3, 0.4) is 0 Å². The SMILES string of the molecule is Cc1c(C(=O)N/N=C/c2ccc(Cl)c(Cl)c2)nn(-c2ccc(F)cc2)c(=O)c1C#N. The summed E-state index contributed by atoms with van der Waals surface area (Å²) in [6, 6.07) is 11.5. The molecule has 150 valence electrons. The lowest BCUT2D eigenvalue weighted by Gasteiger charge is -2.10. The van der Waals surface area contributed by atoms with Crippen molar-refractivity contribution >= 4 is 35.3 Å². The van der Waals surface area contributed by atoms with Gasteiger partial charge in [-0.3, -0.25) is 9.59 Å². The van der Waals surface area contributed by atoms with E-state index in [1.807, 2.05) is 0 Å². The molecular weight excluding hydrogens is 432 g/mol. The number of hydrogen-bond acceptors (Lipinski definition) is 5. The molecule has 30 heavy (non-hydrogen) atoms. The molecule has 0 radical (unpaired) electrons. The number of hydrogen-bond donors (Lipinski definition) is 1. The molecule has 3 rings (SSSR count). The Kier molecular flexibility index (Phi) is 6.26. The molecule has 1 N–H and O–H groups in total. The van der Waals surface area contributed by atoms with Gasteiger partial charge in [-0.25, -0.2) is 9.82 Å². The first-order valence-corrected chi connectivity index (χ1v) is 9.16. The summed E-state index contributed by atoms with van der Waals surface area (Å²) in [4.78, 5) is 25.1. The molecule has 0 atom stereocenters. The van der Waals surface area contributed by atoms with Crippen LogP contribution in [0.1, 0.15) is 27.2 Å². The molecule has 10 heteroatoms. The Balaban J connectivity index is 1.95. The minimum absolute atomic E-state index is 0.100. The van der Waals surface area contributed by atoms with Crippen molar-refractivity contribution in [3.05, 3.63) is 91.1 Å². The highest BCUT2D eigenvalue weighted by Gasteiger charge is 2.20. The van der Waals surface area contributed by atoms with Crippen LogP contribution in [-0.2, 0) is 0 Å². The molecule has 0 fully saturated rings. The third-order valence-corrected chi connectivity index (χ3v) is 4.80. The summed E-state index contributed by atoms with van der Waals surface area (Å²) in [7, 11) is 0. The lowest BCUT2D eigenvalue weighted by atomic mass is 10.1. The number of benzene rings is 2. The van der Waals surface area contributed by atoms with Gasteiger partial charge in [0.1, 0.15) is 17.4 Å². The Hall–Kier alpha value is -3.54. The summed E-state index contributed by atoms with van der Waals surface area (Å²) < 4.78 is 14.1. The van der Waals surface area contributed by atoms with Gasteiger partial charge in [-0.1, -0.05) is 29.3 Å². The highest BCUT2D eigenvalue weighted by atomic mass is 35.5. The number of aromatic nitrogens is 2. The fourth-order valence-electron chi connectivity index (χ4n) is 2.52. The molecule has 1 amide bonds. The molecule has 0 aliphatic rings. The highest BCUT2D eigenvalue weighted by molar-refractivity contribution is 6.42. The van der Waals surface area contributed by atoms with Gasteiger partial charge in [-0.05, 0) is 48.9 Å². The van der Waals surface area contributed by atoms with Crippen molar-refractivity contribution in [1.29, 1.82) is 5.26 Å². The molecule has 1 aromatic heterocycles. The van der Waals surface area contributed by atoms with Gasteiger partial charge in [0.15, 0.2) is 5.69 Å². The monoisotopic (exact) mass is 443 g/mol. The van der Waals surface area contributed by atoms with Crippen LogP contribution in [0.5, 0.6) is 0 Å². The third kappa shape index (κ3) is 4.38. The number of carbonyl (C=O) groups is 1. The molecule has 2 aromatic carbocycles. The smallest absolute Gasteiger partial charge is 0.266 e. The number of halogens is 3. The number of nitriles is 1. The van der Waals surface area contributed by atoms with Crippen molar-refractivity contribution in [3.63, 3.8) is 0 Å². The second kappa shape index (κ2) is 8.86. The van der Waals surface area contributed by atoms with Crippen LogP contribution < -0.4 is 11.0 Å². The highest BCUT2D eigenvalue weighted by Crippen LogP contribution is 2.21. The van der Waals surface area contributed by atoms with Gasteiger partial charge in [0.2, 0.25) is 0 Å². The summed E-state index contributed by atoms with van der Waals surface area (Å²) in [5.74, 6) is -1.25. The Morgan fingerprint density at radius 1 is 1.23 bits per heavy atom. The van der Waals surface area contributed by atoms with Crippen molar-refractivity contribution in [2.45, 2.75) is 6.92 Å². The Morgan fingerprint density at radius 3 is 2.57 bits per heavy atom. The van der Waals surface area contributed by atoms with Gasteiger partial charge in [-0.15, -0.1) is 0 Å². The molecule has 7 nitrogen and oxygen atoms in total. The van der Waals surface area contributed by atoms with Gasteiger partial charge in [0, 0.05) is 5.56 Å². The van der Waals surface area contributed by atoms with E-state index in [0.717, 1.165) is 16.8 Å². The molecule has 1 heterocycles. The van der Waals surface area contributed by atoms with E-state index in [-0.39, 0.29) is 22.5 Å². The minimum Gasteiger partial charge on any atom is -0.266 e. The van der Waals surface area contributed by atoms with Crippen LogP contribution in [0.2, 0.25) is 10.0 Å². The van der Waals surface area contributed by atoms with E-state index in [1.54, 1.807) is 24.3 Å². The molecular formula is C20H12Cl2FN5O2. The van der Waals surface area contributed by atoms with E-state index in [4.69, 9.17) is 23.2 Å². The zero-order valence-corrected chi connectivity index (χ0v) is 16.9. The summed E-state index contributed by atoms with van der Waals surface area (Å²) >= 11 is 11.8. The first-order chi connectivity index (χ1) is 14.3. The van der Waals surface area contributed by atoms with E-state index >= 15 is 0 Å². The van der Waals surface area contributed by atoms with Crippen molar-refractivity contribution in [1.82, 2.24) is 15.2 Å². The molecule has 0 aliphatic carbocycles. The lowest BCUT2D eigenvalue weighted by Crippen LogP contribution is -2.31. The van der Waals surface area contributed by atoms with E-state index in [0.29, 0.717) is 15.6 Å². The lowest BCUT2D eigenvalue weighted by molar-refractivity contribution is 0.0947. The molecule has 0 saturated heterocycles. The summed E-state index contributed by atoms with van der Waals surface area (Å²) in [6.07, 6.45) is 1.34. The van der Waals surface area contributed by atoms with Gasteiger partial charge in [0.25, 0.3) is 11.5 Å².